The van der Waals surface area contributed by atoms with Crippen molar-refractivity contribution in [1.29, 1.82) is 0 Å². The lowest BCUT2D eigenvalue weighted by Gasteiger charge is -2.12. The van der Waals surface area contributed by atoms with Crippen molar-refractivity contribution >= 4 is 12.1 Å². The maximum atomic E-state index is 12.2. The van der Waals surface area contributed by atoms with Crippen LogP contribution in [0.25, 0.3) is 0 Å². The summed E-state index contributed by atoms with van der Waals surface area (Å²) in [6.45, 7) is 0. The number of aromatic hydroxyl groups is 2. The van der Waals surface area contributed by atoms with Crippen molar-refractivity contribution in [2.24, 2.45) is 0 Å². The quantitative estimate of drug-likeness (QED) is 0.448. The molecule has 3 N–H and O–H groups in total. The van der Waals surface area contributed by atoms with Crippen molar-refractivity contribution in [1.82, 2.24) is 0 Å². The molecule has 0 aromatic heterocycles. The minimum absolute atomic E-state index is 0.147. The summed E-state index contributed by atoms with van der Waals surface area (Å²) >= 11 is 0. The molecule has 0 saturated heterocycles. The largest absolute Gasteiger partial charge is 0.504 e. The van der Waals surface area contributed by atoms with Crippen molar-refractivity contribution in [3.8, 4) is 11.5 Å². The summed E-state index contributed by atoms with van der Waals surface area (Å²) in [5.74, 6) is -1.91. The van der Waals surface area contributed by atoms with Crippen LogP contribution in [0, 0.1) is 0 Å². The number of rotatable bonds is 4. The Morgan fingerprint density at radius 3 is 2.30 bits per heavy atom. The fourth-order valence-corrected chi connectivity index (χ4v) is 1.86. The van der Waals surface area contributed by atoms with Crippen molar-refractivity contribution in [3.63, 3.8) is 0 Å². The summed E-state index contributed by atoms with van der Waals surface area (Å²) in [4.78, 5) is 23.1. The first kappa shape index (κ1) is 13.8. The number of aldehydes is 1. The van der Waals surface area contributed by atoms with Crippen LogP contribution in [0.1, 0.15) is 32.4 Å². The van der Waals surface area contributed by atoms with E-state index in [2.05, 4.69) is 0 Å². The first-order chi connectivity index (χ1) is 9.56. The summed E-state index contributed by atoms with van der Waals surface area (Å²) in [7, 11) is 0. The van der Waals surface area contributed by atoms with Gasteiger partial charge in [-0.1, -0.05) is 30.3 Å². The van der Waals surface area contributed by atoms with Gasteiger partial charge in [0.25, 0.3) is 0 Å². The maximum absolute atomic E-state index is 12.2. The zero-order chi connectivity index (χ0) is 14.7. The highest BCUT2D eigenvalue weighted by Crippen LogP contribution is 2.32. The van der Waals surface area contributed by atoms with Gasteiger partial charge in [0, 0.05) is 5.56 Å². The van der Waals surface area contributed by atoms with E-state index in [-0.39, 0.29) is 17.4 Å². The number of hydrogen-bond donors (Lipinski definition) is 3. The van der Waals surface area contributed by atoms with Crippen LogP contribution in [0.3, 0.4) is 0 Å². The third-order valence-corrected chi connectivity index (χ3v) is 2.94. The number of Topliss-reactive ketones (excluding diaryl/α,β-unsaturated/α-hetero) is 1. The number of hydrogen-bond acceptors (Lipinski definition) is 5. The smallest absolute Gasteiger partial charge is 0.196 e. The monoisotopic (exact) mass is 272 g/mol. The zero-order valence-electron chi connectivity index (χ0n) is 10.4. The van der Waals surface area contributed by atoms with E-state index < -0.39 is 23.4 Å². The number of carbonyl (C=O) groups excluding carboxylic acids is 2. The molecule has 0 aliphatic heterocycles. The van der Waals surface area contributed by atoms with Gasteiger partial charge in [0.15, 0.2) is 23.6 Å². The van der Waals surface area contributed by atoms with Crippen LogP contribution in [0.5, 0.6) is 11.5 Å². The molecule has 1 atom stereocenters. The van der Waals surface area contributed by atoms with Crippen LogP contribution in [-0.2, 0) is 0 Å². The Morgan fingerprint density at radius 1 is 1.05 bits per heavy atom. The molecule has 5 nitrogen and oxygen atoms in total. The minimum atomic E-state index is -1.45. The predicted octanol–water partition coefficient (Wildman–Crippen LogP) is 1.83. The molecule has 0 aliphatic carbocycles. The van der Waals surface area contributed by atoms with Crippen LogP contribution in [0.4, 0.5) is 0 Å². The van der Waals surface area contributed by atoms with E-state index in [1.807, 2.05) is 0 Å². The lowest BCUT2D eigenvalue weighted by atomic mass is 9.96. The van der Waals surface area contributed by atoms with E-state index in [4.69, 9.17) is 0 Å². The fraction of sp³-hybridized carbons (Fsp3) is 0.0667. The number of benzene rings is 2. The maximum Gasteiger partial charge on any atom is 0.196 e. The average Bonchev–Trinajstić information content (AvgIpc) is 2.49. The van der Waals surface area contributed by atoms with E-state index in [0.29, 0.717) is 5.56 Å². The number of phenols is 2. The Hall–Kier alpha value is -2.66. The fourth-order valence-electron chi connectivity index (χ4n) is 1.86. The van der Waals surface area contributed by atoms with Crippen molar-refractivity contribution < 1.29 is 24.9 Å². The molecule has 2 aromatic rings. The normalized spacial score (nSPS) is 11.8. The molecular formula is C15H12O5. The van der Waals surface area contributed by atoms with Gasteiger partial charge in [-0.25, -0.2) is 0 Å². The van der Waals surface area contributed by atoms with Gasteiger partial charge in [-0.3, -0.25) is 9.59 Å². The molecule has 20 heavy (non-hydrogen) atoms. The minimum Gasteiger partial charge on any atom is -0.504 e. The van der Waals surface area contributed by atoms with Crippen LogP contribution >= 0.6 is 0 Å². The summed E-state index contributed by atoms with van der Waals surface area (Å²) in [6.07, 6.45) is -1.18. The van der Waals surface area contributed by atoms with Gasteiger partial charge in [0.2, 0.25) is 0 Å². The number of aliphatic hydroxyl groups excluding tert-OH is 1. The molecule has 2 rings (SSSR count). The lowest BCUT2D eigenvalue weighted by molar-refractivity contribution is 0.0744. The molecule has 0 bridgehead atoms. The molecule has 0 amide bonds. The molecule has 0 fully saturated rings. The molecule has 102 valence electrons. The Morgan fingerprint density at radius 2 is 1.70 bits per heavy atom. The molecule has 2 aromatic carbocycles. The van der Waals surface area contributed by atoms with Gasteiger partial charge >= 0.3 is 0 Å². The van der Waals surface area contributed by atoms with Crippen LogP contribution in [0.2, 0.25) is 0 Å². The molecule has 1 unspecified atom stereocenters. The summed E-state index contributed by atoms with van der Waals surface area (Å²) in [5.41, 5.74) is -0.112. The molecule has 0 heterocycles. The SMILES string of the molecule is O=Cc1c(C(=O)C(O)c2ccccc2)ccc(O)c1O. The Labute approximate surface area is 114 Å². The van der Waals surface area contributed by atoms with Crippen LogP contribution in [-0.4, -0.2) is 27.4 Å². The average molecular weight is 272 g/mol. The van der Waals surface area contributed by atoms with Crippen LogP contribution in [0.15, 0.2) is 42.5 Å². The van der Waals surface area contributed by atoms with Crippen molar-refractivity contribution in [2.45, 2.75) is 6.10 Å². The van der Waals surface area contributed by atoms with Gasteiger partial charge in [-0.05, 0) is 17.7 Å². The van der Waals surface area contributed by atoms with E-state index in [9.17, 15) is 24.9 Å². The number of carbonyl (C=O) groups is 2. The molecule has 5 heteroatoms. The topological polar surface area (TPSA) is 94.8 Å². The second-order valence-corrected chi connectivity index (χ2v) is 4.19. The summed E-state index contributed by atoms with van der Waals surface area (Å²) < 4.78 is 0. The molecule has 0 saturated carbocycles. The second-order valence-electron chi connectivity index (χ2n) is 4.19. The number of phenolic OH excluding ortho intramolecular Hbond substituents is 2. The highest BCUT2D eigenvalue weighted by atomic mass is 16.3. The lowest BCUT2D eigenvalue weighted by Crippen LogP contribution is -2.14. The van der Waals surface area contributed by atoms with E-state index >= 15 is 0 Å². The summed E-state index contributed by atoms with van der Waals surface area (Å²) in [5, 5.41) is 28.9. The number of ketones is 1. The predicted molar refractivity (Wildman–Crippen MR) is 70.9 cm³/mol. The van der Waals surface area contributed by atoms with Gasteiger partial charge in [-0.15, -0.1) is 0 Å². The van der Waals surface area contributed by atoms with Crippen molar-refractivity contribution in [2.75, 3.05) is 0 Å². The third-order valence-electron chi connectivity index (χ3n) is 2.94. The standard InChI is InChI=1S/C15H12O5/c16-8-11-10(6-7-12(17)14(11)19)15(20)13(18)9-4-2-1-3-5-9/h1-8,13,17-19H. The van der Waals surface area contributed by atoms with E-state index in [1.54, 1.807) is 30.3 Å². The highest BCUT2D eigenvalue weighted by Gasteiger charge is 2.24. The molecule has 0 radical (unpaired) electrons. The molecular weight excluding hydrogens is 260 g/mol. The first-order valence-corrected chi connectivity index (χ1v) is 5.83. The third kappa shape index (κ3) is 2.39. The number of aliphatic hydroxyl groups is 1. The first-order valence-electron chi connectivity index (χ1n) is 5.83. The molecule has 0 aliphatic rings. The van der Waals surface area contributed by atoms with Crippen LogP contribution < -0.4 is 0 Å². The van der Waals surface area contributed by atoms with Gasteiger partial charge in [-0.2, -0.15) is 0 Å². The Bertz CT molecular complexity index is 649. The van der Waals surface area contributed by atoms with Crippen molar-refractivity contribution in [3.05, 3.63) is 59.2 Å². The second kappa shape index (κ2) is 5.54. The van der Waals surface area contributed by atoms with E-state index in [1.165, 1.54) is 6.07 Å². The Balaban J connectivity index is 2.44. The van der Waals surface area contributed by atoms with Gasteiger partial charge in [0.05, 0.1) is 5.56 Å². The molecule has 0 spiro atoms. The van der Waals surface area contributed by atoms with Gasteiger partial charge in [0.1, 0.15) is 6.10 Å². The summed E-state index contributed by atoms with van der Waals surface area (Å²) in [6, 6.07) is 10.5. The highest BCUT2D eigenvalue weighted by molar-refractivity contribution is 6.07. The van der Waals surface area contributed by atoms with Gasteiger partial charge < -0.3 is 15.3 Å². The van der Waals surface area contributed by atoms with E-state index in [0.717, 1.165) is 6.07 Å². The zero-order valence-corrected chi connectivity index (χ0v) is 10.4. The Kier molecular flexibility index (Phi) is 3.81.